The number of carbonyl (C=O) groups is 1. The molecule has 2 aromatic carbocycles. The number of hydrogen-bond acceptors (Lipinski definition) is 6. The summed E-state index contributed by atoms with van der Waals surface area (Å²) in [6.07, 6.45) is 0.393. The Morgan fingerprint density at radius 3 is 2.38 bits per heavy atom. The van der Waals surface area contributed by atoms with Gasteiger partial charge in [0.25, 0.3) is 10.1 Å². The quantitative estimate of drug-likeness (QED) is 0.200. The minimum atomic E-state index is -3.81. The molecule has 1 unspecified atom stereocenters. The number of halogens is 1. The minimum absolute atomic E-state index is 0.0919. The molecule has 0 aliphatic carbocycles. The molecule has 8 heteroatoms. The molecule has 0 saturated carbocycles. The van der Waals surface area contributed by atoms with E-state index in [-0.39, 0.29) is 30.7 Å². The van der Waals surface area contributed by atoms with Gasteiger partial charge in [-0.1, -0.05) is 29.8 Å². The highest BCUT2D eigenvalue weighted by Crippen LogP contribution is 2.30. The molecule has 0 aliphatic heterocycles. The summed E-state index contributed by atoms with van der Waals surface area (Å²) in [5, 5.41) is 0. The molecule has 6 nitrogen and oxygen atoms in total. The van der Waals surface area contributed by atoms with E-state index in [1.807, 2.05) is 38.1 Å². The molecule has 0 heterocycles. The largest absolute Gasteiger partial charge is 0.468 e. The SMILES string of the molecule is COC(=O)C(C)(CCOCCOS(=O)(=O)c1ccc(C)cc1)c1cccc(I)c1. The number of benzene rings is 2. The molecule has 0 bridgehead atoms. The molecular formula is C21H25IO6S. The van der Waals surface area contributed by atoms with Gasteiger partial charge >= 0.3 is 5.97 Å². The van der Waals surface area contributed by atoms with Crippen molar-refractivity contribution in [2.45, 2.75) is 30.6 Å². The van der Waals surface area contributed by atoms with E-state index in [0.717, 1.165) is 14.7 Å². The summed E-state index contributed by atoms with van der Waals surface area (Å²) in [5.74, 6) is -0.346. The Kier molecular flexibility index (Phi) is 8.62. The van der Waals surface area contributed by atoms with Gasteiger partial charge < -0.3 is 9.47 Å². The first-order valence-corrected chi connectivity index (χ1v) is 11.6. The van der Waals surface area contributed by atoms with Crippen molar-refractivity contribution >= 4 is 38.7 Å². The van der Waals surface area contributed by atoms with Crippen molar-refractivity contribution in [3.8, 4) is 0 Å². The summed E-state index contributed by atoms with van der Waals surface area (Å²) < 4.78 is 40.8. The second kappa shape index (κ2) is 10.5. The molecule has 0 spiro atoms. The maximum absolute atomic E-state index is 12.4. The standard InChI is InChI=1S/C21H25IO6S/c1-16-7-9-19(10-8-16)29(24,25)28-14-13-27-12-11-21(2,20(23)26-3)17-5-4-6-18(22)15-17/h4-10,15H,11-14H2,1-3H3. The fraction of sp³-hybridized carbons (Fsp3) is 0.381. The summed E-state index contributed by atoms with van der Waals surface area (Å²) in [6, 6.07) is 14.1. The summed E-state index contributed by atoms with van der Waals surface area (Å²) in [7, 11) is -2.45. The fourth-order valence-electron chi connectivity index (χ4n) is 2.78. The van der Waals surface area contributed by atoms with Crippen LogP contribution in [0.4, 0.5) is 0 Å². The Labute approximate surface area is 185 Å². The van der Waals surface area contributed by atoms with E-state index in [4.69, 9.17) is 13.7 Å². The third-order valence-electron chi connectivity index (χ3n) is 4.62. The zero-order chi connectivity index (χ0) is 21.5. The van der Waals surface area contributed by atoms with E-state index in [1.54, 1.807) is 12.1 Å². The van der Waals surface area contributed by atoms with Crippen LogP contribution in [0.15, 0.2) is 53.4 Å². The first-order valence-electron chi connectivity index (χ1n) is 9.07. The topological polar surface area (TPSA) is 78.9 Å². The van der Waals surface area contributed by atoms with E-state index < -0.39 is 15.5 Å². The van der Waals surface area contributed by atoms with Crippen LogP contribution in [0.1, 0.15) is 24.5 Å². The predicted molar refractivity (Wildman–Crippen MR) is 118 cm³/mol. The highest BCUT2D eigenvalue weighted by molar-refractivity contribution is 14.1. The second-order valence-electron chi connectivity index (χ2n) is 6.79. The van der Waals surface area contributed by atoms with E-state index in [0.29, 0.717) is 6.42 Å². The van der Waals surface area contributed by atoms with E-state index in [2.05, 4.69) is 22.6 Å². The Morgan fingerprint density at radius 1 is 1.07 bits per heavy atom. The van der Waals surface area contributed by atoms with Crippen LogP contribution in [-0.2, 0) is 34.0 Å². The molecule has 1 atom stereocenters. The molecule has 0 amide bonds. The van der Waals surface area contributed by atoms with Crippen molar-refractivity contribution in [3.63, 3.8) is 0 Å². The third-order valence-corrected chi connectivity index (χ3v) is 6.62. The van der Waals surface area contributed by atoms with Gasteiger partial charge in [-0.15, -0.1) is 0 Å². The van der Waals surface area contributed by atoms with Crippen molar-refractivity contribution in [3.05, 3.63) is 63.2 Å². The molecule has 0 saturated heterocycles. The molecule has 0 fully saturated rings. The zero-order valence-electron chi connectivity index (χ0n) is 16.7. The number of esters is 1. The van der Waals surface area contributed by atoms with Crippen molar-refractivity contribution in [1.82, 2.24) is 0 Å². The third kappa shape index (κ3) is 6.50. The van der Waals surface area contributed by atoms with Crippen LogP contribution in [-0.4, -0.2) is 41.3 Å². The maximum atomic E-state index is 12.4. The van der Waals surface area contributed by atoms with E-state index in [9.17, 15) is 13.2 Å². The number of ether oxygens (including phenoxy) is 2. The lowest BCUT2D eigenvalue weighted by molar-refractivity contribution is -0.147. The predicted octanol–water partition coefficient (Wildman–Crippen LogP) is 3.84. The molecule has 0 aliphatic rings. The zero-order valence-corrected chi connectivity index (χ0v) is 19.7. The molecule has 0 radical (unpaired) electrons. The van der Waals surface area contributed by atoms with Gasteiger partial charge in [0.15, 0.2) is 0 Å². The average Bonchev–Trinajstić information content (AvgIpc) is 2.70. The summed E-state index contributed by atoms with van der Waals surface area (Å²) in [6.45, 7) is 3.93. The van der Waals surface area contributed by atoms with Gasteiger partial charge in [-0.2, -0.15) is 8.42 Å². The Morgan fingerprint density at radius 2 is 1.76 bits per heavy atom. The number of methoxy groups -OCH3 is 1. The highest BCUT2D eigenvalue weighted by Gasteiger charge is 2.36. The first-order chi connectivity index (χ1) is 13.7. The molecule has 0 aromatic heterocycles. The monoisotopic (exact) mass is 532 g/mol. The van der Waals surface area contributed by atoms with Crippen LogP contribution in [0.5, 0.6) is 0 Å². The Balaban J connectivity index is 1.87. The van der Waals surface area contributed by atoms with Gasteiger partial charge in [0.2, 0.25) is 0 Å². The van der Waals surface area contributed by atoms with Gasteiger partial charge in [0.05, 0.1) is 30.6 Å². The fourth-order valence-corrected chi connectivity index (χ4v) is 4.21. The average molecular weight is 532 g/mol. The summed E-state index contributed by atoms with van der Waals surface area (Å²) in [4.78, 5) is 12.5. The van der Waals surface area contributed by atoms with E-state index >= 15 is 0 Å². The van der Waals surface area contributed by atoms with Crippen LogP contribution in [0.3, 0.4) is 0 Å². The van der Waals surface area contributed by atoms with Crippen molar-refractivity contribution in [2.24, 2.45) is 0 Å². The van der Waals surface area contributed by atoms with Crippen LogP contribution >= 0.6 is 22.6 Å². The van der Waals surface area contributed by atoms with Gasteiger partial charge in [-0.05, 0) is 72.7 Å². The Hall–Kier alpha value is -1.49. The number of hydrogen-bond donors (Lipinski definition) is 0. The summed E-state index contributed by atoms with van der Waals surface area (Å²) >= 11 is 2.19. The lowest BCUT2D eigenvalue weighted by Crippen LogP contribution is -2.35. The smallest absolute Gasteiger partial charge is 0.316 e. The van der Waals surface area contributed by atoms with Crippen LogP contribution in [0.25, 0.3) is 0 Å². The van der Waals surface area contributed by atoms with Gasteiger partial charge in [0.1, 0.15) is 0 Å². The summed E-state index contributed by atoms with van der Waals surface area (Å²) in [5.41, 5.74) is 0.956. The van der Waals surface area contributed by atoms with E-state index in [1.165, 1.54) is 19.2 Å². The minimum Gasteiger partial charge on any atom is -0.468 e. The normalized spacial score (nSPS) is 13.7. The lowest BCUT2D eigenvalue weighted by atomic mass is 9.80. The molecule has 0 N–H and O–H groups in total. The van der Waals surface area contributed by atoms with Crippen LogP contribution in [0, 0.1) is 10.5 Å². The van der Waals surface area contributed by atoms with Crippen molar-refractivity contribution in [1.29, 1.82) is 0 Å². The molecule has 158 valence electrons. The molecule has 2 rings (SSSR count). The van der Waals surface area contributed by atoms with Crippen LogP contribution < -0.4 is 0 Å². The number of rotatable bonds is 10. The van der Waals surface area contributed by atoms with Gasteiger partial charge in [-0.25, -0.2) is 0 Å². The van der Waals surface area contributed by atoms with Gasteiger partial charge in [-0.3, -0.25) is 8.98 Å². The molecular weight excluding hydrogens is 507 g/mol. The maximum Gasteiger partial charge on any atom is 0.316 e. The highest BCUT2D eigenvalue weighted by atomic mass is 127. The Bertz CT molecular complexity index is 926. The van der Waals surface area contributed by atoms with Gasteiger partial charge in [0, 0.05) is 10.2 Å². The molecule has 2 aromatic rings. The van der Waals surface area contributed by atoms with Crippen molar-refractivity contribution < 1.29 is 26.9 Å². The van der Waals surface area contributed by atoms with Crippen LogP contribution in [0.2, 0.25) is 0 Å². The number of carbonyl (C=O) groups excluding carboxylic acids is 1. The first kappa shape index (κ1) is 23.8. The van der Waals surface area contributed by atoms with Crippen molar-refractivity contribution in [2.75, 3.05) is 26.9 Å². The number of aryl methyl sites for hydroxylation is 1. The molecule has 29 heavy (non-hydrogen) atoms. The second-order valence-corrected chi connectivity index (χ2v) is 9.65. The lowest BCUT2D eigenvalue weighted by Gasteiger charge is -2.27.